The van der Waals surface area contributed by atoms with Crippen LogP contribution in [0.25, 0.3) is 11.0 Å². The molecule has 2 fully saturated rings. The lowest BCUT2D eigenvalue weighted by Crippen LogP contribution is -2.43. The highest BCUT2D eigenvalue weighted by molar-refractivity contribution is 5.82. The molecule has 2 unspecified atom stereocenters. The molecule has 8 nitrogen and oxygen atoms in total. The van der Waals surface area contributed by atoms with Crippen molar-refractivity contribution in [1.82, 2.24) is 14.9 Å². The minimum Gasteiger partial charge on any atom is -0.485 e. The zero-order valence-corrected chi connectivity index (χ0v) is 18.8. The van der Waals surface area contributed by atoms with Gasteiger partial charge in [-0.2, -0.15) is 0 Å². The second-order valence-electron chi connectivity index (χ2n) is 9.11. The SMILES string of the molecule is CC(=O)C1C=CC(OC2CC(Nc3cnc4ccccc4n3)C2)=C(N2CCCC(CO)C2)O1. The van der Waals surface area contributed by atoms with Crippen LogP contribution in [0.1, 0.15) is 32.6 Å². The third kappa shape index (κ3) is 4.80. The van der Waals surface area contributed by atoms with Crippen LogP contribution in [0, 0.1) is 5.92 Å². The van der Waals surface area contributed by atoms with E-state index in [0.29, 0.717) is 18.2 Å². The minimum absolute atomic E-state index is 0.0390. The van der Waals surface area contributed by atoms with Crippen molar-refractivity contribution in [1.29, 1.82) is 0 Å². The van der Waals surface area contributed by atoms with Gasteiger partial charge >= 0.3 is 0 Å². The maximum atomic E-state index is 11.9. The highest BCUT2D eigenvalue weighted by atomic mass is 16.5. The molecule has 3 heterocycles. The zero-order valence-electron chi connectivity index (χ0n) is 18.8. The molecule has 2 aliphatic heterocycles. The van der Waals surface area contributed by atoms with Crippen LogP contribution in [0.4, 0.5) is 5.82 Å². The van der Waals surface area contributed by atoms with E-state index in [0.717, 1.165) is 49.1 Å². The van der Waals surface area contributed by atoms with E-state index in [1.54, 1.807) is 12.3 Å². The van der Waals surface area contributed by atoms with E-state index in [4.69, 9.17) is 9.47 Å². The first-order valence-corrected chi connectivity index (χ1v) is 11.7. The Morgan fingerprint density at radius 3 is 2.91 bits per heavy atom. The molecule has 1 aromatic heterocycles. The van der Waals surface area contributed by atoms with Gasteiger partial charge < -0.3 is 24.8 Å². The van der Waals surface area contributed by atoms with Crippen molar-refractivity contribution in [2.45, 2.75) is 50.9 Å². The molecule has 3 aliphatic rings. The lowest BCUT2D eigenvalue weighted by atomic mass is 9.89. The molecule has 1 aromatic carbocycles. The molecule has 174 valence electrons. The number of carbonyl (C=O) groups excluding carboxylic acids is 1. The number of ketones is 1. The lowest BCUT2D eigenvalue weighted by molar-refractivity contribution is -0.125. The summed E-state index contributed by atoms with van der Waals surface area (Å²) in [4.78, 5) is 23.1. The van der Waals surface area contributed by atoms with Gasteiger partial charge in [-0.25, -0.2) is 4.98 Å². The summed E-state index contributed by atoms with van der Waals surface area (Å²) >= 11 is 0. The molecule has 2 aromatic rings. The largest absolute Gasteiger partial charge is 0.485 e. The maximum absolute atomic E-state index is 11.9. The number of likely N-dealkylation sites (tertiary alicyclic amines) is 1. The smallest absolute Gasteiger partial charge is 0.234 e. The Morgan fingerprint density at radius 1 is 1.30 bits per heavy atom. The van der Waals surface area contributed by atoms with Gasteiger partial charge in [0.15, 0.2) is 17.6 Å². The van der Waals surface area contributed by atoms with Crippen LogP contribution in [-0.4, -0.2) is 63.7 Å². The highest BCUT2D eigenvalue weighted by Gasteiger charge is 2.35. The molecule has 0 radical (unpaired) electrons. The molecule has 33 heavy (non-hydrogen) atoms. The number of para-hydroxylation sites is 2. The number of aromatic nitrogens is 2. The summed E-state index contributed by atoms with van der Waals surface area (Å²) in [6.07, 6.45) is 8.51. The number of nitrogens with zero attached hydrogens (tertiary/aromatic N) is 3. The molecule has 2 N–H and O–H groups in total. The van der Waals surface area contributed by atoms with E-state index in [1.807, 2.05) is 30.3 Å². The number of hydrogen-bond acceptors (Lipinski definition) is 8. The zero-order chi connectivity index (χ0) is 22.8. The molecular weight excluding hydrogens is 420 g/mol. The molecule has 1 aliphatic carbocycles. The highest BCUT2D eigenvalue weighted by Crippen LogP contribution is 2.33. The van der Waals surface area contributed by atoms with Crippen molar-refractivity contribution in [2.24, 2.45) is 5.92 Å². The molecule has 8 heteroatoms. The molecule has 2 atom stereocenters. The van der Waals surface area contributed by atoms with Crippen molar-refractivity contribution < 1.29 is 19.4 Å². The van der Waals surface area contributed by atoms with Gasteiger partial charge in [-0.15, -0.1) is 0 Å². The van der Waals surface area contributed by atoms with E-state index in [-0.39, 0.29) is 30.5 Å². The average molecular weight is 451 g/mol. The number of rotatable bonds is 7. The van der Waals surface area contributed by atoms with E-state index in [1.165, 1.54) is 6.92 Å². The molecule has 0 bridgehead atoms. The van der Waals surface area contributed by atoms with Crippen molar-refractivity contribution in [3.05, 3.63) is 54.3 Å². The number of benzene rings is 1. The fourth-order valence-electron chi connectivity index (χ4n) is 4.60. The number of aliphatic hydroxyl groups is 1. The predicted molar refractivity (Wildman–Crippen MR) is 124 cm³/mol. The van der Waals surface area contributed by atoms with Crippen LogP contribution in [0.3, 0.4) is 0 Å². The fraction of sp³-hybridized carbons (Fsp3) is 0.480. The fourth-order valence-corrected chi connectivity index (χ4v) is 4.60. The monoisotopic (exact) mass is 450 g/mol. The van der Waals surface area contributed by atoms with Crippen LogP contribution in [-0.2, 0) is 14.3 Å². The first-order valence-electron chi connectivity index (χ1n) is 11.7. The van der Waals surface area contributed by atoms with Crippen LogP contribution < -0.4 is 5.32 Å². The van der Waals surface area contributed by atoms with Crippen LogP contribution >= 0.6 is 0 Å². The van der Waals surface area contributed by atoms with Gasteiger partial charge in [-0.3, -0.25) is 9.78 Å². The maximum Gasteiger partial charge on any atom is 0.234 e. The summed E-state index contributed by atoms with van der Waals surface area (Å²) < 4.78 is 12.4. The summed E-state index contributed by atoms with van der Waals surface area (Å²) in [5.74, 6) is 2.22. The molecular formula is C25H30N4O4. The number of piperidine rings is 1. The van der Waals surface area contributed by atoms with Gasteiger partial charge in [0.2, 0.25) is 5.88 Å². The van der Waals surface area contributed by atoms with Crippen LogP contribution in [0.5, 0.6) is 0 Å². The summed E-state index contributed by atoms with van der Waals surface area (Å²) in [6, 6.07) is 8.09. The topological polar surface area (TPSA) is 96.8 Å². The number of fused-ring (bicyclic) bond motifs is 1. The standard InChI is InChI=1S/C25H30N4O4/c1-16(31)22-8-9-23(25(33-22)29-10-4-5-17(14-29)15-30)32-19-11-18(12-19)27-24-13-26-20-6-2-3-7-21(20)28-24/h2-3,6-9,13,17-19,22,30H,4-5,10-12,14-15H2,1H3,(H,27,28). The van der Waals surface area contributed by atoms with E-state index < -0.39 is 6.10 Å². The summed E-state index contributed by atoms with van der Waals surface area (Å²) in [6.45, 7) is 3.21. The summed E-state index contributed by atoms with van der Waals surface area (Å²) in [5, 5.41) is 13.1. The minimum atomic E-state index is -0.593. The number of aliphatic hydroxyl groups excluding tert-OH is 1. The molecule has 1 saturated carbocycles. The Labute approximate surface area is 193 Å². The summed E-state index contributed by atoms with van der Waals surface area (Å²) in [5.41, 5.74) is 1.75. The predicted octanol–water partition coefficient (Wildman–Crippen LogP) is 3.01. The number of ether oxygens (including phenoxy) is 2. The Morgan fingerprint density at radius 2 is 2.12 bits per heavy atom. The van der Waals surface area contributed by atoms with Gasteiger partial charge in [-0.1, -0.05) is 12.1 Å². The van der Waals surface area contributed by atoms with Gasteiger partial charge in [0.25, 0.3) is 0 Å². The number of allylic oxidation sites excluding steroid dienone is 1. The Kier molecular flexibility index (Phi) is 6.17. The molecule has 5 rings (SSSR count). The number of Topliss-reactive ketones (excluding diaryl/α,β-unsaturated/α-hetero) is 1. The quantitative estimate of drug-likeness (QED) is 0.665. The lowest BCUT2D eigenvalue weighted by Gasteiger charge is -2.40. The van der Waals surface area contributed by atoms with Gasteiger partial charge in [0.05, 0.1) is 17.2 Å². The molecule has 1 saturated heterocycles. The van der Waals surface area contributed by atoms with Crippen molar-refractivity contribution in [3.63, 3.8) is 0 Å². The van der Waals surface area contributed by atoms with Crippen molar-refractivity contribution in [3.8, 4) is 0 Å². The van der Waals surface area contributed by atoms with Gasteiger partial charge in [0.1, 0.15) is 11.9 Å². The average Bonchev–Trinajstić information content (AvgIpc) is 2.82. The Bertz CT molecular complexity index is 1080. The van der Waals surface area contributed by atoms with Gasteiger partial charge in [0, 0.05) is 38.6 Å². The third-order valence-electron chi connectivity index (χ3n) is 6.53. The Balaban J connectivity index is 1.23. The number of nitrogens with one attached hydrogen (secondary N) is 1. The normalized spacial score (nSPS) is 27.2. The first kappa shape index (κ1) is 21.7. The number of carbonyl (C=O) groups is 1. The van der Waals surface area contributed by atoms with E-state index >= 15 is 0 Å². The van der Waals surface area contributed by atoms with Crippen molar-refractivity contribution in [2.75, 3.05) is 25.0 Å². The molecule has 0 amide bonds. The Hall–Kier alpha value is -3.13. The van der Waals surface area contributed by atoms with Gasteiger partial charge in [-0.05, 0) is 50.0 Å². The molecule has 0 spiro atoms. The third-order valence-corrected chi connectivity index (χ3v) is 6.53. The summed E-state index contributed by atoms with van der Waals surface area (Å²) in [7, 11) is 0. The van der Waals surface area contributed by atoms with Crippen LogP contribution in [0.15, 0.2) is 54.3 Å². The number of anilines is 1. The van der Waals surface area contributed by atoms with E-state index in [2.05, 4.69) is 20.2 Å². The number of hydrogen-bond donors (Lipinski definition) is 2. The van der Waals surface area contributed by atoms with Crippen LogP contribution in [0.2, 0.25) is 0 Å². The second kappa shape index (κ2) is 9.39. The first-order chi connectivity index (χ1) is 16.1. The second-order valence-corrected chi connectivity index (χ2v) is 9.11. The van der Waals surface area contributed by atoms with E-state index in [9.17, 15) is 9.90 Å². The van der Waals surface area contributed by atoms with Crippen molar-refractivity contribution >= 4 is 22.6 Å².